The van der Waals surface area contributed by atoms with E-state index in [9.17, 15) is 9.59 Å². The Morgan fingerprint density at radius 2 is 1.64 bits per heavy atom. The predicted molar refractivity (Wildman–Crippen MR) is 86.7 cm³/mol. The van der Waals surface area contributed by atoms with Crippen LogP contribution in [0.15, 0.2) is 36.4 Å². The number of ether oxygens (including phenoxy) is 5. The first kappa shape index (κ1) is 16.6. The third-order valence-electron chi connectivity index (χ3n) is 3.65. The zero-order valence-corrected chi connectivity index (χ0v) is 13.7. The van der Waals surface area contributed by atoms with Crippen LogP contribution in [0.2, 0.25) is 0 Å². The molecule has 0 N–H and O–H groups in total. The van der Waals surface area contributed by atoms with Gasteiger partial charge in [-0.25, -0.2) is 4.79 Å². The third kappa shape index (κ3) is 3.50. The number of benzene rings is 2. The smallest absolute Gasteiger partial charge is 0.338 e. The van der Waals surface area contributed by atoms with Gasteiger partial charge in [0.15, 0.2) is 35.4 Å². The van der Waals surface area contributed by atoms with Crippen molar-refractivity contribution in [2.45, 2.75) is 0 Å². The maximum absolute atomic E-state index is 12.2. The average Bonchev–Trinajstić information content (AvgIpc) is 3.12. The SMILES string of the molecule is COc1ccc(C(=O)COC(=O)c2ccc3c(c2)OCO3)cc1OC. The Bertz CT molecular complexity index is 813. The maximum Gasteiger partial charge on any atom is 0.338 e. The molecule has 0 aromatic heterocycles. The summed E-state index contributed by atoms with van der Waals surface area (Å²) < 4.78 is 25.7. The summed E-state index contributed by atoms with van der Waals surface area (Å²) in [5, 5.41) is 0. The van der Waals surface area contributed by atoms with Crippen LogP contribution in [0.1, 0.15) is 20.7 Å². The Balaban J connectivity index is 1.65. The molecule has 1 aliphatic rings. The lowest BCUT2D eigenvalue weighted by molar-refractivity contribution is 0.0474. The lowest BCUT2D eigenvalue weighted by Crippen LogP contribution is -2.14. The van der Waals surface area contributed by atoms with Gasteiger partial charge in [-0.3, -0.25) is 4.79 Å². The molecule has 130 valence electrons. The maximum atomic E-state index is 12.2. The van der Waals surface area contributed by atoms with Crippen molar-refractivity contribution in [3.63, 3.8) is 0 Å². The lowest BCUT2D eigenvalue weighted by atomic mass is 10.1. The molecule has 1 aliphatic heterocycles. The van der Waals surface area contributed by atoms with E-state index in [2.05, 4.69) is 0 Å². The summed E-state index contributed by atoms with van der Waals surface area (Å²) in [6, 6.07) is 9.43. The van der Waals surface area contributed by atoms with Crippen molar-refractivity contribution in [3.05, 3.63) is 47.5 Å². The van der Waals surface area contributed by atoms with Gasteiger partial charge in [-0.1, -0.05) is 0 Å². The van der Waals surface area contributed by atoms with E-state index in [1.165, 1.54) is 26.4 Å². The molecule has 0 amide bonds. The van der Waals surface area contributed by atoms with E-state index in [1.54, 1.807) is 24.3 Å². The van der Waals surface area contributed by atoms with Crippen LogP contribution in [0, 0.1) is 0 Å². The molecule has 7 nitrogen and oxygen atoms in total. The van der Waals surface area contributed by atoms with Crippen LogP contribution in [0.4, 0.5) is 0 Å². The molecule has 0 bridgehead atoms. The number of hydrogen-bond acceptors (Lipinski definition) is 7. The van der Waals surface area contributed by atoms with Gasteiger partial charge in [-0.2, -0.15) is 0 Å². The predicted octanol–water partition coefficient (Wildman–Crippen LogP) is 2.47. The number of hydrogen-bond donors (Lipinski definition) is 0. The highest BCUT2D eigenvalue weighted by Gasteiger charge is 2.18. The topological polar surface area (TPSA) is 80.3 Å². The normalized spacial score (nSPS) is 11.8. The molecular weight excluding hydrogens is 328 g/mol. The molecule has 2 aromatic rings. The van der Waals surface area contributed by atoms with Crippen LogP contribution in [-0.4, -0.2) is 39.4 Å². The molecule has 0 saturated carbocycles. The van der Waals surface area contributed by atoms with E-state index >= 15 is 0 Å². The van der Waals surface area contributed by atoms with Crippen molar-refractivity contribution in [2.75, 3.05) is 27.6 Å². The fourth-order valence-electron chi connectivity index (χ4n) is 2.33. The van der Waals surface area contributed by atoms with Gasteiger partial charge in [0.1, 0.15) is 0 Å². The van der Waals surface area contributed by atoms with Crippen molar-refractivity contribution in [1.29, 1.82) is 0 Å². The van der Waals surface area contributed by atoms with E-state index in [0.29, 0.717) is 28.6 Å². The van der Waals surface area contributed by atoms with Crippen molar-refractivity contribution < 1.29 is 33.3 Å². The molecule has 0 radical (unpaired) electrons. The number of Topliss-reactive ketones (excluding diaryl/α,β-unsaturated/α-hetero) is 1. The number of fused-ring (bicyclic) bond motifs is 1. The van der Waals surface area contributed by atoms with Gasteiger partial charge in [0.05, 0.1) is 19.8 Å². The number of rotatable bonds is 6. The van der Waals surface area contributed by atoms with Gasteiger partial charge in [0.2, 0.25) is 6.79 Å². The highest BCUT2D eigenvalue weighted by molar-refractivity contribution is 6.00. The van der Waals surface area contributed by atoms with Gasteiger partial charge in [0.25, 0.3) is 0 Å². The summed E-state index contributed by atoms with van der Waals surface area (Å²) in [4.78, 5) is 24.3. The molecule has 0 aliphatic carbocycles. The van der Waals surface area contributed by atoms with Crippen LogP contribution >= 0.6 is 0 Å². The molecular formula is C18H16O7. The number of carbonyl (C=O) groups is 2. The summed E-state index contributed by atoms with van der Waals surface area (Å²) in [5.74, 6) is 1.01. The summed E-state index contributed by atoms with van der Waals surface area (Å²) in [6.45, 7) is -0.269. The second-order valence-electron chi connectivity index (χ2n) is 5.14. The van der Waals surface area contributed by atoms with Gasteiger partial charge >= 0.3 is 5.97 Å². The Kier molecular flexibility index (Phi) is 4.74. The third-order valence-corrected chi connectivity index (χ3v) is 3.65. The fourth-order valence-corrected chi connectivity index (χ4v) is 2.33. The highest BCUT2D eigenvalue weighted by Crippen LogP contribution is 2.32. The van der Waals surface area contributed by atoms with Crippen LogP contribution < -0.4 is 18.9 Å². The first-order chi connectivity index (χ1) is 12.1. The summed E-state index contributed by atoms with van der Waals surface area (Å²) in [6.07, 6.45) is 0. The van der Waals surface area contributed by atoms with E-state index < -0.39 is 5.97 Å². The zero-order valence-electron chi connectivity index (χ0n) is 13.7. The summed E-state index contributed by atoms with van der Waals surface area (Å²) in [7, 11) is 2.98. The van der Waals surface area contributed by atoms with Crippen molar-refractivity contribution in [1.82, 2.24) is 0 Å². The molecule has 7 heteroatoms. The molecule has 1 heterocycles. The second kappa shape index (κ2) is 7.12. The minimum Gasteiger partial charge on any atom is -0.493 e. The van der Waals surface area contributed by atoms with Crippen LogP contribution in [0.3, 0.4) is 0 Å². The Morgan fingerprint density at radius 1 is 0.920 bits per heavy atom. The van der Waals surface area contributed by atoms with Crippen LogP contribution in [-0.2, 0) is 4.74 Å². The molecule has 0 saturated heterocycles. The first-order valence-electron chi connectivity index (χ1n) is 7.44. The Labute approximate surface area is 144 Å². The number of esters is 1. The summed E-state index contributed by atoms with van der Waals surface area (Å²) >= 11 is 0. The second-order valence-corrected chi connectivity index (χ2v) is 5.14. The van der Waals surface area contributed by atoms with E-state index in [-0.39, 0.29) is 24.7 Å². The number of carbonyl (C=O) groups excluding carboxylic acids is 2. The van der Waals surface area contributed by atoms with E-state index in [0.717, 1.165) is 0 Å². The van der Waals surface area contributed by atoms with Crippen LogP contribution in [0.25, 0.3) is 0 Å². The number of methoxy groups -OCH3 is 2. The molecule has 0 atom stereocenters. The first-order valence-corrected chi connectivity index (χ1v) is 7.44. The Hall–Kier alpha value is -3.22. The van der Waals surface area contributed by atoms with E-state index in [1.807, 2.05) is 0 Å². The molecule has 0 fully saturated rings. The molecule has 0 unspecified atom stereocenters. The molecule has 25 heavy (non-hydrogen) atoms. The fraction of sp³-hybridized carbons (Fsp3) is 0.222. The van der Waals surface area contributed by atoms with Gasteiger partial charge in [-0.15, -0.1) is 0 Å². The highest BCUT2D eigenvalue weighted by atomic mass is 16.7. The van der Waals surface area contributed by atoms with Crippen molar-refractivity contribution in [3.8, 4) is 23.0 Å². The zero-order chi connectivity index (χ0) is 17.8. The molecule has 2 aromatic carbocycles. The van der Waals surface area contributed by atoms with Gasteiger partial charge in [0, 0.05) is 5.56 Å². The monoisotopic (exact) mass is 344 g/mol. The largest absolute Gasteiger partial charge is 0.493 e. The van der Waals surface area contributed by atoms with Crippen molar-refractivity contribution >= 4 is 11.8 Å². The van der Waals surface area contributed by atoms with E-state index in [4.69, 9.17) is 23.7 Å². The average molecular weight is 344 g/mol. The van der Waals surface area contributed by atoms with Gasteiger partial charge < -0.3 is 23.7 Å². The minimum atomic E-state index is -0.618. The molecule has 3 rings (SSSR count). The summed E-state index contributed by atoms with van der Waals surface area (Å²) in [5.41, 5.74) is 0.639. The van der Waals surface area contributed by atoms with Gasteiger partial charge in [-0.05, 0) is 36.4 Å². The lowest BCUT2D eigenvalue weighted by Gasteiger charge is -2.09. The quantitative estimate of drug-likeness (QED) is 0.588. The standard InChI is InChI=1S/C18H16O7/c1-21-14-5-3-11(7-16(14)22-2)13(19)9-23-18(20)12-4-6-15-17(8-12)25-10-24-15/h3-8H,9-10H2,1-2H3. The minimum absolute atomic E-state index is 0.117. The Morgan fingerprint density at radius 3 is 2.40 bits per heavy atom. The number of ketones is 1. The van der Waals surface area contributed by atoms with Crippen LogP contribution in [0.5, 0.6) is 23.0 Å². The molecule has 0 spiro atoms. The van der Waals surface area contributed by atoms with Crippen molar-refractivity contribution in [2.24, 2.45) is 0 Å².